The number of nitrogens with zero attached hydrogens (tertiary/aromatic N) is 2. The summed E-state index contributed by atoms with van der Waals surface area (Å²) in [5.74, 6) is -0.243. The van der Waals surface area contributed by atoms with Gasteiger partial charge in [0, 0.05) is 29.1 Å². The van der Waals surface area contributed by atoms with Crippen molar-refractivity contribution in [3.05, 3.63) is 101 Å². The van der Waals surface area contributed by atoms with Crippen LogP contribution in [-0.4, -0.2) is 16.6 Å². The van der Waals surface area contributed by atoms with Crippen molar-refractivity contribution in [2.45, 2.75) is 26.2 Å². The summed E-state index contributed by atoms with van der Waals surface area (Å²) < 4.78 is 0. The zero-order valence-electron chi connectivity index (χ0n) is 15.8. The quantitative estimate of drug-likeness (QED) is 0.550. The number of hydrogen-bond acceptors (Lipinski definition) is 3. The molecule has 0 aliphatic carbocycles. The Kier molecular flexibility index (Phi) is 5.46. The van der Waals surface area contributed by atoms with E-state index < -0.39 is 0 Å². The number of carbonyl (C=O) groups is 1. The molecular formula is C23H23N3O. The fourth-order valence-electron chi connectivity index (χ4n) is 2.69. The van der Waals surface area contributed by atoms with Gasteiger partial charge in [0.25, 0.3) is 5.91 Å². The molecule has 1 aromatic heterocycles. The van der Waals surface area contributed by atoms with E-state index in [1.54, 1.807) is 12.4 Å². The molecule has 4 heteroatoms. The van der Waals surface area contributed by atoms with Gasteiger partial charge in [0.2, 0.25) is 0 Å². The number of nitrogens with one attached hydrogen (secondary N) is 1. The van der Waals surface area contributed by atoms with Crippen LogP contribution >= 0.6 is 0 Å². The van der Waals surface area contributed by atoms with Crippen LogP contribution in [-0.2, 0) is 5.41 Å². The van der Waals surface area contributed by atoms with Gasteiger partial charge in [-0.05, 0) is 35.2 Å². The van der Waals surface area contributed by atoms with Crippen molar-refractivity contribution in [2.75, 3.05) is 0 Å². The predicted molar refractivity (Wildman–Crippen MR) is 109 cm³/mol. The lowest BCUT2D eigenvalue weighted by Crippen LogP contribution is -2.21. The van der Waals surface area contributed by atoms with E-state index in [-0.39, 0.29) is 11.3 Å². The maximum atomic E-state index is 12.5. The molecule has 1 N–H and O–H groups in total. The van der Waals surface area contributed by atoms with E-state index in [1.807, 2.05) is 66.7 Å². The summed E-state index contributed by atoms with van der Waals surface area (Å²) in [6.45, 7) is 6.44. The number of pyridine rings is 1. The lowest BCUT2D eigenvalue weighted by atomic mass is 9.87. The van der Waals surface area contributed by atoms with E-state index in [4.69, 9.17) is 0 Å². The first-order valence-electron chi connectivity index (χ1n) is 8.89. The van der Waals surface area contributed by atoms with Crippen molar-refractivity contribution >= 4 is 11.6 Å². The van der Waals surface area contributed by atoms with E-state index in [0.29, 0.717) is 11.3 Å². The number of hydrazone groups is 1. The molecule has 0 unspecified atom stereocenters. The van der Waals surface area contributed by atoms with Crippen molar-refractivity contribution in [2.24, 2.45) is 5.10 Å². The van der Waals surface area contributed by atoms with Gasteiger partial charge in [0.1, 0.15) is 0 Å². The van der Waals surface area contributed by atoms with Gasteiger partial charge >= 0.3 is 0 Å². The topological polar surface area (TPSA) is 54.4 Å². The molecule has 1 heterocycles. The van der Waals surface area contributed by atoms with Crippen LogP contribution in [0.2, 0.25) is 0 Å². The maximum Gasteiger partial charge on any atom is 0.271 e. The highest BCUT2D eigenvalue weighted by atomic mass is 16.2. The molecule has 4 nitrogen and oxygen atoms in total. The number of carbonyl (C=O) groups excluding carboxylic acids is 1. The Morgan fingerprint density at radius 2 is 1.52 bits per heavy atom. The van der Waals surface area contributed by atoms with Crippen molar-refractivity contribution in [1.29, 1.82) is 0 Å². The summed E-state index contributed by atoms with van der Waals surface area (Å²) in [6, 6.07) is 21.1. The Morgan fingerprint density at radius 3 is 2.11 bits per heavy atom. The second-order valence-electron chi connectivity index (χ2n) is 7.34. The van der Waals surface area contributed by atoms with Crippen molar-refractivity contribution in [3.63, 3.8) is 0 Å². The van der Waals surface area contributed by atoms with Crippen molar-refractivity contribution in [3.8, 4) is 0 Å². The highest BCUT2D eigenvalue weighted by Crippen LogP contribution is 2.22. The van der Waals surface area contributed by atoms with Crippen LogP contribution in [0, 0.1) is 0 Å². The molecule has 1 amide bonds. The molecule has 27 heavy (non-hydrogen) atoms. The molecule has 0 aliphatic heterocycles. The van der Waals surface area contributed by atoms with E-state index in [1.165, 1.54) is 5.56 Å². The average Bonchev–Trinajstić information content (AvgIpc) is 2.69. The van der Waals surface area contributed by atoms with Gasteiger partial charge in [-0.3, -0.25) is 9.78 Å². The molecule has 0 saturated heterocycles. The van der Waals surface area contributed by atoms with Gasteiger partial charge in [-0.25, -0.2) is 5.43 Å². The number of hydrogen-bond donors (Lipinski definition) is 1. The van der Waals surface area contributed by atoms with Gasteiger partial charge < -0.3 is 0 Å². The summed E-state index contributed by atoms with van der Waals surface area (Å²) in [4.78, 5) is 16.7. The molecule has 0 radical (unpaired) electrons. The first-order valence-corrected chi connectivity index (χ1v) is 8.89. The van der Waals surface area contributed by atoms with Gasteiger partial charge in [0.05, 0.1) is 5.71 Å². The largest absolute Gasteiger partial charge is 0.271 e. The second-order valence-corrected chi connectivity index (χ2v) is 7.34. The molecule has 0 bridgehead atoms. The van der Waals surface area contributed by atoms with Gasteiger partial charge in [0.15, 0.2) is 0 Å². The maximum absolute atomic E-state index is 12.5. The summed E-state index contributed by atoms with van der Waals surface area (Å²) in [5.41, 5.74) is 6.90. The number of benzene rings is 2. The Bertz CT molecular complexity index is 883. The number of rotatable bonds is 4. The predicted octanol–water partition coefficient (Wildman–Crippen LogP) is 4.56. The Labute approximate surface area is 160 Å². The van der Waals surface area contributed by atoms with Crippen LogP contribution in [0.5, 0.6) is 0 Å². The van der Waals surface area contributed by atoms with Crippen LogP contribution in [0.15, 0.2) is 84.2 Å². The smallest absolute Gasteiger partial charge is 0.267 e. The fourth-order valence-corrected chi connectivity index (χ4v) is 2.69. The SMILES string of the molecule is CC(C)(C)c1ccc(C(=O)NN=C(c2ccccc2)c2cccnc2)cc1. The normalized spacial score (nSPS) is 11.9. The van der Waals surface area contributed by atoms with Crippen LogP contribution in [0.4, 0.5) is 0 Å². The first-order chi connectivity index (χ1) is 12.9. The first kappa shape index (κ1) is 18.5. The highest BCUT2D eigenvalue weighted by molar-refractivity contribution is 6.13. The van der Waals surface area contributed by atoms with Crippen LogP contribution in [0.1, 0.15) is 47.8 Å². The van der Waals surface area contributed by atoms with Crippen LogP contribution in [0.25, 0.3) is 0 Å². The van der Waals surface area contributed by atoms with Gasteiger partial charge in [-0.15, -0.1) is 0 Å². The van der Waals surface area contributed by atoms with E-state index in [0.717, 1.165) is 11.1 Å². The summed E-state index contributed by atoms with van der Waals surface area (Å²) in [5, 5.41) is 4.39. The third kappa shape index (κ3) is 4.67. The minimum atomic E-state index is -0.243. The lowest BCUT2D eigenvalue weighted by Gasteiger charge is -2.18. The summed E-state index contributed by atoms with van der Waals surface area (Å²) in [7, 11) is 0. The molecule has 2 aromatic carbocycles. The average molecular weight is 357 g/mol. The molecule has 0 aliphatic rings. The molecule has 0 spiro atoms. The lowest BCUT2D eigenvalue weighted by molar-refractivity contribution is 0.0955. The monoisotopic (exact) mass is 357 g/mol. The third-order valence-corrected chi connectivity index (χ3v) is 4.26. The van der Waals surface area contributed by atoms with Gasteiger partial charge in [-0.2, -0.15) is 5.10 Å². The Hall–Kier alpha value is -3.27. The number of amides is 1. The molecule has 0 fully saturated rings. The minimum absolute atomic E-state index is 0.0496. The molecule has 3 rings (SSSR count). The third-order valence-electron chi connectivity index (χ3n) is 4.26. The van der Waals surface area contributed by atoms with Gasteiger partial charge in [-0.1, -0.05) is 63.2 Å². The van der Waals surface area contributed by atoms with E-state index in [2.05, 4.69) is 36.3 Å². The Morgan fingerprint density at radius 1 is 0.852 bits per heavy atom. The molecular weight excluding hydrogens is 334 g/mol. The summed E-state index contributed by atoms with van der Waals surface area (Å²) in [6.07, 6.45) is 3.44. The highest BCUT2D eigenvalue weighted by Gasteiger charge is 2.14. The number of aromatic nitrogens is 1. The minimum Gasteiger partial charge on any atom is -0.267 e. The van der Waals surface area contributed by atoms with E-state index in [9.17, 15) is 4.79 Å². The summed E-state index contributed by atoms with van der Waals surface area (Å²) >= 11 is 0. The van der Waals surface area contributed by atoms with Crippen LogP contribution in [0.3, 0.4) is 0 Å². The van der Waals surface area contributed by atoms with Crippen LogP contribution < -0.4 is 5.43 Å². The molecule has 0 saturated carbocycles. The molecule has 3 aromatic rings. The fraction of sp³-hybridized carbons (Fsp3) is 0.174. The van der Waals surface area contributed by atoms with Crippen molar-refractivity contribution < 1.29 is 4.79 Å². The molecule has 0 atom stereocenters. The second kappa shape index (κ2) is 7.96. The molecule has 136 valence electrons. The standard InChI is InChI=1S/C23H23N3O/c1-23(2,3)20-13-11-18(12-14-20)22(27)26-25-21(17-8-5-4-6-9-17)19-10-7-15-24-16-19/h4-16H,1-3H3,(H,26,27). The zero-order valence-corrected chi connectivity index (χ0v) is 15.8. The van der Waals surface area contributed by atoms with Crippen molar-refractivity contribution in [1.82, 2.24) is 10.4 Å². The van der Waals surface area contributed by atoms with E-state index >= 15 is 0 Å². The Balaban J connectivity index is 1.85. The zero-order chi connectivity index (χ0) is 19.3.